The van der Waals surface area contributed by atoms with Gasteiger partial charge in [0.15, 0.2) is 11.6 Å². The van der Waals surface area contributed by atoms with Crippen LogP contribution in [0.5, 0.6) is 5.75 Å². The van der Waals surface area contributed by atoms with E-state index in [9.17, 15) is 4.39 Å². The normalized spacial score (nSPS) is 10.7. The summed E-state index contributed by atoms with van der Waals surface area (Å²) in [6.07, 6.45) is 0. The number of fused-ring (bicyclic) bond motifs is 1. The number of methoxy groups -OCH3 is 1. The van der Waals surface area contributed by atoms with Gasteiger partial charge in [-0.1, -0.05) is 0 Å². The van der Waals surface area contributed by atoms with Crippen LogP contribution in [-0.4, -0.2) is 7.11 Å². The lowest BCUT2D eigenvalue weighted by molar-refractivity contribution is 0.386. The van der Waals surface area contributed by atoms with Gasteiger partial charge in [-0.25, -0.2) is 4.39 Å². The zero-order valence-electron chi connectivity index (χ0n) is 6.80. The van der Waals surface area contributed by atoms with E-state index in [4.69, 9.17) is 4.74 Å². The van der Waals surface area contributed by atoms with Crippen LogP contribution in [0.1, 0.15) is 0 Å². The third-order valence-corrected chi connectivity index (χ3v) is 3.46. The second-order valence-electron chi connectivity index (χ2n) is 2.54. The van der Waals surface area contributed by atoms with Crippen LogP contribution in [0.4, 0.5) is 4.39 Å². The Bertz CT molecular complexity index is 452. The Balaban J connectivity index is 2.83. The van der Waals surface area contributed by atoms with Gasteiger partial charge in [-0.3, -0.25) is 0 Å². The van der Waals surface area contributed by atoms with Crippen molar-refractivity contribution >= 4 is 37.4 Å². The lowest BCUT2D eigenvalue weighted by Gasteiger charge is -2.03. The molecule has 0 atom stereocenters. The second kappa shape index (κ2) is 3.27. The Morgan fingerprint density at radius 1 is 1.54 bits per heavy atom. The van der Waals surface area contributed by atoms with Gasteiger partial charge in [0.2, 0.25) is 0 Å². The van der Waals surface area contributed by atoms with E-state index in [-0.39, 0.29) is 11.6 Å². The molecular formula is C9H6BrFOS. The molecule has 2 rings (SSSR count). The Kier molecular flexibility index (Phi) is 2.26. The lowest BCUT2D eigenvalue weighted by atomic mass is 10.2. The predicted molar refractivity (Wildman–Crippen MR) is 56.0 cm³/mol. The fourth-order valence-electron chi connectivity index (χ4n) is 1.17. The molecule has 4 heteroatoms. The molecular weight excluding hydrogens is 255 g/mol. The largest absolute Gasteiger partial charge is 0.494 e. The van der Waals surface area contributed by atoms with E-state index >= 15 is 0 Å². The molecule has 0 saturated heterocycles. The maximum atomic E-state index is 13.4. The number of halogens is 2. The average Bonchev–Trinajstić information content (AvgIpc) is 2.59. The van der Waals surface area contributed by atoms with Crippen LogP contribution in [0.2, 0.25) is 0 Å². The molecule has 0 amide bonds. The van der Waals surface area contributed by atoms with E-state index in [0.29, 0.717) is 4.47 Å². The first kappa shape index (κ1) is 8.97. The summed E-state index contributed by atoms with van der Waals surface area (Å²) < 4.78 is 19.8. The molecule has 0 fully saturated rings. The molecule has 1 heterocycles. The second-order valence-corrected chi connectivity index (χ2v) is 4.28. The Morgan fingerprint density at radius 2 is 2.31 bits per heavy atom. The van der Waals surface area contributed by atoms with Crippen LogP contribution in [-0.2, 0) is 0 Å². The zero-order valence-corrected chi connectivity index (χ0v) is 9.21. The third-order valence-electron chi connectivity index (χ3n) is 1.82. The summed E-state index contributed by atoms with van der Waals surface area (Å²) in [5.74, 6) is -0.0600. The van der Waals surface area contributed by atoms with Crippen molar-refractivity contribution in [2.24, 2.45) is 0 Å². The Hall–Kier alpha value is -0.610. The molecule has 0 saturated carbocycles. The summed E-state index contributed by atoms with van der Waals surface area (Å²) in [5, 5.41) is 2.82. The van der Waals surface area contributed by atoms with E-state index in [1.165, 1.54) is 7.11 Å². The summed E-state index contributed by atoms with van der Waals surface area (Å²) in [7, 11) is 1.46. The van der Waals surface area contributed by atoms with E-state index < -0.39 is 0 Å². The zero-order chi connectivity index (χ0) is 9.42. The number of benzene rings is 1. The first-order valence-electron chi connectivity index (χ1n) is 3.63. The minimum absolute atomic E-state index is 0.279. The molecule has 0 aliphatic carbocycles. The van der Waals surface area contributed by atoms with Crippen LogP contribution in [0, 0.1) is 5.82 Å². The van der Waals surface area contributed by atoms with Crippen molar-refractivity contribution in [3.8, 4) is 5.75 Å². The molecule has 0 N–H and O–H groups in total. The number of hydrogen-bond acceptors (Lipinski definition) is 2. The van der Waals surface area contributed by atoms with Gasteiger partial charge in [0.1, 0.15) is 0 Å². The summed E-state index contributed by atoms with van der Waals surface area (Å²) in [4.78, 5) is 0. The molecule has 0 aliphatic rings. The molecule has 13 heavy (non-hydrogen) atoms. The molecule has 68 valence electrons. The van der Waals surface area contributed by atoms with E-state index in [2.05, 4.69) is 15.9 Å². The van der Waals surface area contributed by atoms with Gasteiger partial charge in [0.05, 0.1) is 11.6 Å². The summed E-state index contributed by atoms with van der Waals surface area (Å²) in [6.45, 7) is 0. The number of thiophene rings is 1. The van der Waals surface area contributed by atoms with Gasteiger partial charge in [-0.05, 0) is 27.4 Å². The highest BCUT2D eigenvalue weighted by Crippen LogP contribution is 2.35. The fraction of sp³-hybridized carbons (Fsp3) is 0.111. The van der Waals surface area contributed by atoms with Crippen molar-refractivity contribution in [2.45, 2.75) is 0 Å². The first-order valence-corrected chi connectivity index (χ1v) is 5.30. The van der Waals surface area contributed by atoms with Crippen molar-refractivity contribution in [3.63, 3.8) is 0 Å². The standard InChI is InChI=1S/C9H6BrFOS/c1-12-6-4-7-5(2-3-13-7)8(10)9(6)11/h2-4H,1H3. The highest BCUT2D eigenvalue weighted by molar-refractivity contribution is 9.10. The molecule has 1 nitrogen and oxygen atoms in total. The van der Waals surface area contributed by atoms with Gasteiger partial charge < -0.3 is 4.74 Å². The summed E-state index contributed by atoms with van der Waals surface area (Å²) in [6, 6.07) is 3.59. The van der Waals surface area contributed by atoms with Gasteiger partial charge in [0.25, 0.3) is 0 Å². The third kappa shape index (κ3) is 1.34. The van der Waals surface area contributed by atoms with Gasteiger partial charge in [-0.15, -0.1) is 11.3 Å². The van der Waals surface area contributed by atoms with Crippen LogP contribution >= 0.6 is 27.3 Å². The van der Waals surface area contributed by atoms with E-state index in [1.807, 2.05) is 11.4 Å². The van der Waals surface area contributed by atoms with Crippen LogP contribution in [0.3, 0.4) is 0 Å². The van der Waals surface area contributed by atoms with Crippen molar-refractivity contribution in [1.29, 1.82) is 0 Å². The smallest absolute Gasteiger partial charge is 0.179 e. The molecule has 0 spiro atoms. The minimum Gasteiger partial charge on any atom is -0.494 e. The van der Waals surface area contributed by atoms with Crippen molar-refractivity contribution in [2.75, 3.05) is 7.11 Å². The van der Waals surface area contributed by atoms with Crippen LogP contribution in [0.25, 0.3) is 10.1 Å². The van der Waals surface area contributed by atoms with Gasteiger partial charge >= 0.3 is 0 Å². The predicted octanol–water partition coefficient (Wildman–Crippen LogP) is 3.81. The van der Waals surface area contributed by atoms with E-state index in [1.54, 1.807) is 17.4 Å². The monoisotopic (exact) mass is 260 g/mol. The van der Waals surface area contributed by atoms with Gasteiger partial charge in [-0.2, -0.15) is 0 Å². The summed E-state index contributed by atoms with van der Waals surface area (Å²) >= 11 is 4.77. The van der Waals surface area contributed by atoms with Crippen LogP contribution in [0.15, 0.2) is 22.0 Å². The average molecular weight is 261 g/mol. The molecule has 0 radical (unpaired) electrons. The quantitative estimate of drug-likeness (QED) is 0.758. The number of ether oxygens (including phenoxy) is 1. The highest BCUT2D eigenvalue weighted by Gasteiger charge is 2.11. The SMILES string of the molecule is COc1cc2sccc2c(Br)c1F. The lowest BCUT2D eigenvalue weighted by Crippen LogP contribution is -1.88. The molecule has 0 bridgehead atoms. The van der Waals surface area contributed by atoms with Crippen LogP contribution < -0.4 is 4.74 Å². The van der Waals surface area contributed by atoms with Crippen molar-refractivity contribution in [1.82, 2.24) is 0 Å². The number of hydrogen-bond donors (Lipinski definition) is 0. The van der Waals surface area contributed by atoms with Gasteiger partial charge in [0, 0.05) is 16.2 Å². The van der Waals surface area contributed by atoms with Crippen molar-refractivity contribution in [3.05, 3.63) is 27.8 Å². The Morgan fingerprint density at radius 3 is 3.00 bits per heavy atom. The molecule has 1 aromatic heterocycles. The maximum absolute atomic E-state index is 13.4. The Labute approximate surface area is 87.3 Å². The number of rotatable bonds is 1. The molecule has 2 aromatic rings. The first-order chi connectivity index (χ1) is 6.24. The molecule has 1 aromatic carbocycles. The van der Waals surface area contributed by atoms with E-state index in [0.717, 1.165) is 10.1 Å². The fourth-order valence-corrected chi connectivity index (χ4v) is 2.67. The maximum Gasteiger partial charge on any atom is 0.179 e. The van der Waals surface area contributed by atoms with Crippen molar-refractivity contribution < 1.29 is 9.13 Å². The highest BCUT2D eigenvalue weighted by atomic mass is 79.9. The molecule has 0 aliphatic heterocycles. The summed E-state index contributed by atoms with van der Waals surface area (Å²) in [5.41, 5.74) is 0. The minimum atomic E-state index is -0.339. The topological polar surface area (TPSA) is 9.23 Å². The molecule has 0 unspecified atom stereocenters.